The van der Waals surface area contributed by atoms with Crippen molar-refractivity contribution >= 4 is 5.78 Å². The van der Waals surface area contributed by atoms with Crippen molar-refractivity contribution in [3.8, 4) is 0 Å². The molecule has 0 bridgehead atoms. The first-order valence-corrected chi connectivity index (χ1v) is 5.24. The Morgan fingerprint density at radius 3 is 2.73 bits per heavy atom. The van der Waals surface area contributed by atoms with Gasteiger partial charge >= 0.3 is 0 Å². The molecule has 0 aromatic carbocycles. The van der Waals surface area contributed by atoms with E-state index in [9.17, 15) is 4.79 Å². The first-order chi connectivity index (χ1) is 7.04. The van der Waals surface area contributed by atoms with Crippen molar-refractivity contribution in [2.45, 2.75) is 33.1 Å². The van der Waals surface area contributed by atoms with Gasteiger partial charge in [0.25, 0.3) is 0 Å². The van der Waals surface area contributed by atoms with Gasteiger partial charge in [0.15, 0.2) is 5.78 Å². The first-order valence-electron chi connectivity index (χ1n) is 5.24. The average Bonchev–Trinajstić information content (AvgIpc) is 2.56. The summed E-state index contributed by atoms with van der Waals surface area (Å²) in [5.41, 5.74) is 2.70. The van der Waals surface area contributed by atoms with Gasteiger partial charge in [0.2, 0.25) is 0 Å². The van der Waals surface area contributed by atoms with Crippen molar-refractivity contribution < 1.29 is 4.79 Å². The lowest BCUT2D eigenvalue weighted by atomic mass is 10.0. The lowest BCUT2D eigenvalue weighted by Gasteiger charge is -1.99. The standard InChI is InChI=1S/C12H18N2O/c1-5-11-10(8-14(4)13-11)12(15)7-6-9(2)3/h8H,2,5-7H2,1,3-4H3. The second-order valence-corrected chi connectivity index (χ2v) is 3.90. The van der Waals surface area contributed by atoms with E-state index in [1.807, 2.05) is 20.9 Å². The van der Waals surface area contributed by atoms with E-state index in [-0.39, 0.29) is 5.78 Å². The third-order valence-corrected chi connectivity index (χ3v) is 2.32. The van der Waals surface area contributed by atoms with Crippen LogP contribution in [0.2, 0.25) is 0 Å². The number of carbonyl (C=O) groups excluding carboxylic acids is 1. The summed E-state index contributed by atoms with van der Waals surface area (Å²) in [5, 5.41) is 4.25. The lowest BCUT2D eigenvalue weighted by Crippen LogP contribution is -2.01. The van der Waals surface area contributed by atoms with E-state index in [4.69, 9.17) is 0 Å². The number of hydrogen-bond acceptors (Lipinski definition) is 2. The highest BCUT2D eigenvalue weighted by Gasteiger charge is 2.13. The Labute approximate surface area is 90.8 Å². The van der Waals surface area contributed by atoms with Gasteiger partial charge in [-0.25, -0.2) is 0 Å². The van der Waals surface area contributed by atoms with Crippen LogP contribution in [0.3, 0.4) is 0 Å². The molecule has 1 aromatic rings. The molecular weight excluding hydrogens is 188 g/mol. The van der Waals surface area contributed by atoms with Gasteiger partial charge in [-0.2, -0.15) is 5.10 Å². The van der Waals surface area contributed by atoms with E-state index in [2.05, 4.69) is 11.7 Å². The summed E-state index contributed by atoms with van der Waals surface area (Å²) in [5.74, 6) is 0.169. The number of ketones is 1. The van der Waals surface area contributed by atoms with Crippen LogP contribution < -0.4 is 0 Å². The van der Waals surface area contributed by atoms with Crippen LogP contribution in [-0.2, 0) is 13.5 Å². The minimum Gasteiger partial charge on any atom is -0.294 e. The highest BCUT2D eigenvalue weighted by Crippen LogP contribution is 2.13. The second kappa shape index (κ2) is 4.91. The number of carbonyl (C=O) groups is 1. The molecule has 1 heterocycles. The van der Waals surface area contributed by atoms with Crippen LogP contribution in [0.15, 0.2) is 18.3 Å². The van der Waals surface area contributed by atoms with Crippen LogP contribution in [0.5, 0.6) is 0 Å². The van der Waals surface area contributed by atoms with E-state index in [0.717, 1.165) is 29.7 Å². The van der Waals surface area contributed by atoms with E-state index in [0.29, 0.717) is 6.42 Å². The largest absolute Gasteiger partial charge is 0.294 e. The van der Waals surface area contributed by atoms with Crippen LogP contribution in [0, 0.1) is 0 Å². The maximum Gasteiger partial charge on any atom is 0.166 e. The average molecular weight is 206 g/mol. The summed E-state index contributed by atoms with van der Waals surface area (Å²) in [6.07, 6.45) is 3.90. The van der Waals surface area contributed by atoms with Gasteiger partial charge in [-0.05, 0) is 19.8 Å². The Morgan fingerprint density at radius 1 is 1.53 bits per heavy atom. The quantitative estimate of drug-likeness (QED) is 0.548. The number of hydrogen-bond donors (Lipinski definition) is 0. The van der Waals surface area contributed by atoms with Gasteiger partial charge in [-0.1, -0.05) is 12.5 Å². The Bertz CT molecular complexity index is 377. The number of rotatable bonds is 5. The van der Waals surface area contributed by atoms with Crippen LogP contribution >= 0.6 is 0 Å². The predicted octanol–water partition coefficient (Wildman–Crippen LogP) is 2.52. The minimum atomic E-state index is 0.169. The molecule has 0 unspecified atom stereocenters. The molecule has 15 heavy (non-hydrogen) atoms. The molecule has 3 heteroatoms. The van der Waals surface area contributed by atoms with Crippen molar-refractivity contribution in [3.63, 3.8) is 0 Å². The van der Waals surface area contributed by atoms with Gasteiger partial charge < -0.3 is 0 Å². The van der Waals surface area contributed by atoms with Gasteiger partial charge in [0.1, 0.15) is 0 Å². The first kappa shape index (κ1) is 11.7. The Kier molecular flexibility index (Phi) is 3.83. The lowest BCUT2D eigenvalue weighted by molar-refractivity contribution is 0.0982. The fourth-order valence-corrected chi connectivity index (χ4v) is 1.49. The second-order valence-electron chi connectivity index (χ2n) is 3.90. The molecular formula is C12H18N2O. The third-order valence-electron chi connectivity index (χ3n) is 2.32. The minimum absolute atomic E-state index is 0.169. The van der Waals surface area contributed by atoms with Crippen LogP contribution in [0.25, 0.3) is 0 Å². The Morgan fingerprint density at radius 2 is 2.20 bits per heavy atom. The van der Waals surface area contributed by atoms with Crippen LogP contribution in [0.4, 0.5) is 0 Å². The van der Waals surface area contributed by atoms with Gasteiger partial charge in [0.05, 0.1) is 11.3 Å². The molecule has 1 rings (SSSR count). The molecule has 0 spiro atoms. The molecule has 0 aliphatic rings. The smallest absolute Gasteiger partial charge is 0.166 e. The molecule has 3 nitrogen and oxygen atoms in total. The zero-order valence-electron chi connectivity index (χ0n) is 9.71. The highest BCUT2D eigenvalue weighted by atomic mass is 16.1. The third kappa shape index (κ3) is 3.05. The number of aromatic nitrogens is 2. The van der Waals surface area contributed by atoms with Crippen molar-refractivity contribution in [1.82, 2.24) is 9.78 Å². The molecule has 0 radical (unpaired) electrons. The molecule has 82 valence electrons. The number of nitrogens with zero attached hydrogens (tertiary/aromatic N) is 2. The Balaban J connectivity index is 2.76. The maximum atomic E-state index is 11.8. The topological polar surface area (TPSA) is 34.9 Å². The summed E-state index contributed by atoms with van der Waals surface area (Å²) < 4.78 is 1.70. The molecule has 0 N–H and O–H groups in total. The molecule has 0 saturated heterocycles. The van der Waals surface area contributed by atoms with Crippen molar-refractivity contribution in [2.24, 2.45) is 7.05 Å². The van der Waals surface area contributed by atoms with Gasteiger partial charge in [-0.3, -0.25) is 9.48 Å². The molecule has 0 amide bonds. The fraction of sp³-hybridized carbons (Fsp3) is 0.500. The summed E-state index contributed by atoms with van der Waals surface area (Å²) in [6, 6.07) is 0. The number of Topliss-reactive ketones (excluding diaryl/α,β-unsaturated/α-hetero) is 1. The molecule has 1 aromatic heterocycles. The summed E-state index contributed by atoms with van der Waals surface area (Å²) in [7, 11) is 1.84. The van der Waals surface area contributed by atoms with E-state index in [1.54, 1.807) is 10.9 Å². The van der Waals surface area contributed by atoms with E-state index in [1.165, 1.54) is 0 Å². The fourth-order valence-electron chi connectivity index (χ4n) is 1.49. The molecule has 0 fully saturated rings. The van der Waals surface area contributed by atoms with Crippen LogP contribution in [0.1, 0.15) is 42.7 Å². The molecule has 0 atom stereocenters. The van der Waals surface area contributed by atoms with Crippen molar-refractivity contribution in [1.29, 1.82) is 0 Å². The highest BCUT2D eigenvalue weighted by molar-refractivity contribution is 5.97. The zero-order chi connectivity index (χ0) is 11.4. The normalized spacial score (nSPS) is 10.3. The molecule has 0 aliphatic heterocycles. The Hall–Kier alpha value is -1.38. The van der Waals surface area contributed by atoms with Crippen LogP contribution in [-0.4, -0.2) is 15.6 Å². The monoisotopic (exact) mass is 206 g/mol. The number of allylic oxidation sites excluding steroid dienone is 1. The van der Waals surface area contributed by atoms with Crippen molar-refractivity contribution in [3.05, 3.63) is 29.6 Å². The zero-order valence-corrected chi connectivity index (χ0v) is 9.71. The van der Waals surface area contributed by atoms with Crippen molar-refractivity contribution in [2.75, 3.05) is 0 Å². The molecule has 0 saturated carbocycles. The summed E-state index contributed by atoms with van der Waals surface area (Å²) >= 11 is 0. The van der Waals surface area contributed by atoms with Gasteiger partial charge in [-0.15, -0.1) is 6.58 Å². The number of aryl methyl sites for hydroxylation is 2. The maximum absolute atomic E-state index is 11.8. The summed E-state index contributed by atoms with van der Waals surface area (Å²) in [4.78, 5) is 11.8. The summed E-state index contributed by atoms with van der Waals surface area (Å²) in [6.45, 7) is 7.75. The SMILES string of the molecule is C=C(C)CCC(=O)c1cn(C)nc1CC. The molecule has 0 aliphatic carbocycles. The predicted molar refractivity (Wildman–Crippen MR) is 61.0 cm³/mol. The van der Waals surface area contributed by atoms with E-state index >= 15 is 0 Å². The van der Waals surface area contributed by atoms with E-state index < -0.39 is 0 Å². The van der Waals surface area contributed by atoms with Gasteiger partial charge in [0, 0.05) is 19.7 Å².